The standard InChI is InChI=1S/C38H37N3O4S/c1-24(2)27-12-10-26(11-13-27)22-33(40-36(43)29-8-6-5-7-9-29)37(44)39-30-16-20-32(21-17-30)46-34-23-35(42)41(38(34)45)31-18-14-28(15-19-31)25(3)4/h5-22,24-25,34H,23H2,1-4H3,(H,39,44)(H,40,43)/b33-22-. The largest absolute Gasteiger partial charge is 0.321 e. The summed E-state index contributed by atoms with van der Waals surface area (Å²) in [4.78, 5) is 54.5. The average Bonchev–Trinajstić information content (AvgIpc) is 3.33. The van der Waals surface area contributed by atoms with Gasteiger partial charge in [0.15, 0.2) is 0 Å². The molecule has 2 N–H and O–H groups in total. The van der Waals surface area contributed by atoms with E-state index in [-0.39, 0.29) is 23.9 Å². The monoisotopic (exact) mass is 631 g/mol. The molecule has 0 bridgehead atoms. The first kappa shape index (κ1) is 32.4. The van der Waals surface area contributed by atoms with E-state index >= 15 is 0 Å². The van der Waals surface area contributed by atoms with Gasteiger partial charge in [-0.2, -0.15) is 0 Å². The van der Waals surface area contributed by atoms with Crippen molar-refractivity contribution in [3.05, 3.63) is 131 Å². The van der Waals surface area contributed by atoms with Crippen molar-refractivity contribution in [1.29, 1.82) is 0 Å². The molecule has 8 heteroatoms. The number of benzene rings is 4. The smallest absolute Gasteiger partial charge is 0.272 e. The van der Waals surface area contributed by atoms with Crippen molar-refractivity contribution in [2.75, 3.05) is 10.2 Å². The Morgan fingerprint density at radius 2 is 1.37 bits per heavy atom. The summed E-state index contributed by atoms with van der Waals surface area (Å²) >= 11 is 1.32. The number of hydrogen-bond acceptors (Lipinski definition) is 5. The van der Waals surface area contributed by atoms with Crippen LogP contribution in [0.2, 0.25) is 0 Å². The van der Waals surface area contributed by atoms with Gasteiger partial charge in [-0.15, -0.1) is 11.8 Å². The van der Waals surface area contributed by atoms with Gasteiger partial charge in [0.05, 0.1) is 10.9 Å². The molecule has 1 aliphatic rings. The van der Waals surface area contributed by atoms with E-state index in [1.807, 2.05) is 54.6 Å². The quantitative estimate of drug-likeness (QED) is 0.138. The number of thioether (sulfide) groups is 1. The van der Waals surface area contributed by atoms with E-state index in [9.17, 15) is 19.2 Å². The van der Waals surface area contributed by atoms with Crippen LogP contribution in [0.3, 0.4) is 0 Å². The van der Waals surface area contributed by atoms with Crippen molar-refractivity contribution in [3.63, 3.8) is 0 Å². The molecule has 1 fully saturated rings. The van der Waals surface area contributed by atoms with Gasteiger partial charge in [-0.1, -0.05) is 82.3 Å². The fourth-order valence-corrected chi connectivity index (χ4v) is 6.10. The Kier molecular flexibility index (Phi) is 10.2. The highest BCUT2D eigenvalue weighted by molar-refractivity contribution is 8.00. The molecule has 0 spiro atoms. The Bertz CT molecular complexity index is 1750. The van der Waals surface area contributed by atoms with Crippen molar-refractivity contribution in [3.8, 4) is 0 Å². The normalized spacial score (nSPS) is 15.0. The lowest BCUT2D eigenvalue weighted by Crippen LogP contribution is -2.31. The lowest BCUT2D eigenvalue weighted by Gasteiger charge is -2.16. The van der Waals surface area contributed by atoms with Gasteiger partial charge >= 0.3 is 0 Å². The van der Waals surface area contributed by atoms with Crippen LogP contribution in [-0.2, 0) is 14.4 Å². The fourth-order valence-electron chi connectivity index (χ4n) is 5.04. The Hall–Kier alpha value is -4.95. The van der Waals surface area contributed by atoms with Gasteiger partial charge in [0.2, 0.25) is 11.8 Å². The number of imide groups is 1. The molecule has 5 rings (SSSR count). The minimum Gasteiger partial charge on any atom is -0.321 e. The molecule has 1 aliphatic heterocycles. The summed E-state index contributed by atoms with van der Waals surface area (Å²) in [6, 6.07) is 31.2. The predicted octanol–water partition coefficient (Wildman–Crippen LogP) is 7.77. The molecule has 46 heavy (non-hydrogen) atoms. The van der Waals surface area contributed by atoms with Gasteiger partial charge in [-0.05, 0) is 83.1 Å². The van der Waals surface area contributed by atoms with Crippen molar-refractivity contribution in [2.45, 2.75) is 56.1 Å². The average molecular weight is 632 g/mol. The number of nitrogens with one attached hydrogen (secondary N) is 2. The molecule has 7 nitrogen and oxygen atoms in total. The maximum atomic E-state index is 13.4. The maximum absolute atomic E-state index is 13.4. The highest BCUT2D eigenvalue weighted by Gasteiger charge is 2.40. The van der Waals surface area contributed by atoms with Crippen LogP contribution in [0, 0.1) is 0 Å². The zero-order chi connectivity index (χ0) is 32.8. The van der Waals surface area contributed by atoms with Gasteiger partial charge in [0.1, 0.15) is 5.70 Å². The lowest BCUT2D eigenvalue weighted by molar-refractivity contribution is -0.121. The molecule has 0 aliphatic carbocycles. The molecule has 1 unspecified atom stereocenters. The van der Waals surface area contributed by atoms with Crippen LogP contribution in [0.5, 0.6) is 0 Å². The fraction of sp³-hybridized carbons (Fsp3) is 0.211. The molecule has 1 saturated heterocycles. The molecule has 234 valence electrons. The van der Waals surface area contributed by atoms with E-state index in [0.29, 0.717) is 28.8 Å². The summed E-state index contributed by atoms with van der Waals surface area (Å²) in [5.41, 5.74) is 4.72. The third kappa shape index (κ3) is 7.82. The van der Waals surface area contributed by atoms with Gasteiger partial charge in [0.25, 0.3) is 11.8 Å². The summed E-state index contributed by atoms with van der Waals surface area (Å²) in [5.74, 6) is -0.614. The van der Waals surface area contributed by atoms with Crippen molar-refractivity contribution < 1.29 is 19.2 Å². The second kappa shape index (κ2) is 14.4. The van der Waals surface area contributed by atoms with Gasteiger partial charge in [-0.3, -0.25) is 19.2 Å². The van der Waals surface area contributed by atoms with E-state index < -0.39 is 17.1 Å². The number of amides is 4. The third-order valence-electron chi connectivity index (χ3n) is 7.76. The molecular weight excluding hydrogens is 595 g/mol. The van der Waals surface area contributed by atoms with Crippen LogP contribution < -0.4 is 15.5 Å². The second-order valence-electron chi connectivity index (χ2n) is 11.8. The summed E-state index contributed by atoms with van der Waals surface area (Å²) in [5, 5.41) is 5.09. The van der Waals surface area contributed by atoms with E-state index in [2.05, 4.69) is 38.3 Å². The Balaban J connectivity index is 1.27. The molecular formula is C38H37N3O4S. The van der Waals surface area contributed by atoms with Gasteiger partial charge in [0, 0.05) is 22.6 Å². The van der Waals surface area contributed by atoms with Crippen LogP contribution in [0.15, 0.2) is 114 Å². The summed E-state index contributed by atoms with van der Waals surface area (Å²) in [6.07, 6.45) is 1.76. The topological polar surface area (TPSA) is 95.6 Å². The highest BCUT2D eigenvalue weighted by Crippen LogP contribution is 2.35. The molecule has 4 aromatic rings. The SMILES string of the molecule is CC(C)c1ccc(/C=C(\NC(=O)c2ccccc2)C(=O)Nc2ccc(SC3CC(=O)N(c4ccc(C(C)C)cc4)C3=O)cc2)cc1. The number of carbonyl (C=O) groups is 4. The first-order chi connectivity index (χ1) is 22.1. The number of rotatable bonds is 10. The number of hydrogen-bond donors (Lipinski definition) is 2. The first-order valence-electron chi connectivity index (χ1n) is 15.3. The molecule has 0 saturated carbocycles. The summed E-state index contributed by atoms with van der Waals surface area (Å²) in [7, 11) is 0. The van der Waals surface area contributed by atoms with Crippen molar-refractivity contribution in [2.24, 2.45) is 0 Å². The zero-order valence-electron chi connectivity index (χ0n) is 26.3. The van der Waals surface area contributed by atoms with E-state index in [4.69, 9.17) is 0 Å². The highest BCUT2D eigenvalue weighted by atomic mass is 32.2. The van der Waals surface area contributed by atoms with Crippen LogP contribution >= 0.6 is 11.8 Å². The van der Waals surface area contributed by atoms with E-state index in [0.717, 1.165) is 16.0 Å². The predicted molar refractivity (Wildman–Crippen MR) is 185 cm³/mol. The third-order valence-corrected chi connectivity index (χ3v) is 8.95. The Morgan fingerprint density at radius 3 is 1.96 bits per heavy atom. The van der Waals surface area contributed by atoms with Crippen LogP contribution in [0.25, 0.3) is 6.08 Å². The number of anilines is 2. The van der Waals surface area contributed by atoms with Crippen molar-refractivity contribution >= 4 is 52.8 Å². The van der Waals surface area contributed by atoms with Crippen molar-refractivity contribution in [1.82, 2.24) is 5.32 Å². The second-order valence-corrected chi connectivity index (χ2v) is 13.1. The first-order valence-corrected chi connectivity index (χ1v) is 16.2. The zero-order valence-corrected chi connectivity index (χ0v) is 27.1. The molecule has 1 heterocycles. The minimum atomic E-state index is -0.539. The molecule has 4 aromatic carbocycles. The van der Waals surface area contributed by atoms with Crippen LogP contribution in [0.1, 0.15) is 73.0 Å². The maximum Gasteiger partial charge on any atom is 0.272 e. The molecule has 0 aromatic heterocycles. The Labute approximate surface area is 274 Å². The van der Waals surface area contributed by atoms with Crippen LogP contribution in [0.4, 0.5) is 11.4 Å². The number of nitrogens with zero attached hydrogens (tertiary/aromatic N) is 1. The van der Waals surface area contributed by atoms with E-state index in [1.165, 1.54) is 22.2 Å². The molecule has 4 amide bonds. The van der Waals surface area contributed by atoms with E-state index in [1.54, 1.807) is 54.6 Å². The van der Waals surface area contributed by atoms with Crippen LogP contribution in [-0.4, -0.2) is 28.9 Å². The summed E-state index contributed by atoms with van der Waals surface area (Å²) in [6.45, 7) is 8.41. The Morgan fingerprint density at radius 1 is 0.783 bits per heavy atom. The van der Waals surface area contributed by atoms with Gasteiger partial charge in [-0.25, -0.2) is 4.90 Å². The summed E-state index contributed by atoms with van der Waals surface area (Å²) < 4.78 is 0. The molecule has 1 atom stereocenters. The minimum absolute atomic E-state index is 0.0983. The van der Waals surface area contributed by atoms with Gasteiger partial charge < -0.3 is 10.6 Å². The lowest BCUT2D eigenvalue weighted by atomic mass is 10.0. The number of carbonyl (C=O) groups excluding carboxylic acids is 4. The molecule has 0 radical (unpaired) electrons.